The molecule has 0 aliphatic heterocycles. The van der Waals surface area contributed by atoms with E-state index >= 15 is 0 Å². The monoisotopic (exact) mass is 336 g/mol. The van der Waals surface area contributed by atoms with Crippen molar-refractivity contribution in [1.82, 2.24) is 4.98 Å². The summed E-state index contributed by atoms with van der Waals surface area (Å²) in [5.74, 6) is 1.59. The lowest BCUT2D eigenvalue weighted by molar-refractivity contribution is 0.480. The van der Waals surface area contributed by atoms with Gasteiger partial charge in [-0.25, -0.2) is 0 Å². The van der Waals surface area contributed by atoms with Crippen molar-refractivity contribution in [2.75, 3.05) is 12.4 Å². The number of aromatic nitrogens is 1. The largest absolute Gasteiger partial charge is 0.456 e. The zero-order valence-electron chi connectivity index (χ0n) is 14.9. The Morgan fingerprint density at radius 2 is 1.80 bits per heavy atom. The summed E-state index contributed by atoms with van der Waals surface area (Å²) in [5.41, 5.74) is 5.63. The Morgan fingerprint density at radius 3 is 2.52 bits per heavy atom. The van der Waals surface area contributed by atoms with Gasteiger partial charge in [-0.2, -0.15) is 0 Å². The summed E-state index contributed by atoms with van der Waals surface area (Å²) >= 11 is 0. The van der Waals surface area contributed by atoms with E-state index < -0.39 is 0 Å². The summed E-state index contributed by atoms with van der Waals surface area (Å²) in [6.45, 7) is 6.14. The second-order valence-corrected chi connectivity index (χ2v) is 6.20. The third-order valence-electron chi connectivity index (χ3n) is 4.25. The second kappa shape index (κ2) is 6.85. The number of pyridine rings is 1. The van der Waals surface area contributed by atoms with Gasteiger partial charge in [0, 0.05) is 25.8 Å². The third kappa shape index (κ3) is 3.43. The highest BCUT2D eigenvalue weighted by Gasteiger charge is 2.13. The first-order valence-corrected chi connectivity index (χ1v) is 8.25. The van der Waals surface area contributed by atoms with Gasteiger partial charge < -0.3 is 15.0 Å². The quantitative estimate of drug-likeness (QED) is 0.701. The molecule has 0 atom stereocenters. The molecule has 2 N–H and O–H groups in total. The maximum atomic E-state index is 11.8. The van der Waals surface area contributed by atoms with Crippen molar-refractivity contribution in [2.45, 2.75) is 20.8 Å². The number of hydrogen-bond donors (Lipinski definition) is 2. The SMILES string of the molecule is CNc1cc(-c2c(C)cccc2Oc2ccc(C)cc2C)c[nH]c1=O.[HH]. The van der Waals surface area contributed by atoms with Crippen LogP contribution >= 0.6 is 0 Å². The van der Waals surface area contributed by atoms with Gasteiger partial charge in [0.25, 0.3) is 5.56 Å². The van der Waals surface area contributed by atoms with Crippen molar-refractivity contribution < 1.29 is 6.16 Å². The molecule has 0 aliphatic rings. The van der Waals surface area contributed by atoms with E-state index in [0.29, 0.717) is 5.69 Å². The fraction of sp³-hybridized carbons (Fsp3) is 0.190. The fourth-order valence-corrected chi connectivity index (χ4v) is 2.94. The van der Waals surface area contributed by atoms with Gasteiger partial charge in [0.1, 0.15) is 17.2 Å². The van der Waals surface area contributed by atoms with Crippen LogP contribution in [0.5, 0.6) is 11.5 Å². The van der Waals surface area contributed by atoms with Crippen molar-refractivity contribution >= 4 is 5.69 Å². The molecule has 0 amide bonds. The summed E-state index contributed by atoms with van der Waals surface area (Å²) in [5, 5.41) is 2.92. The number of aryl methyl sites for hydroxylation is 3. The van der Waals surface area contributed by atoms with E-state index in [2.05, 4.69) is 23.3 Å². The van der Waals surface area contributed by atoms with Crippen LogP contribution in [0, 0.1) is 20.8 Å². The molecule has 0 aliphatic carbocycles. The number of benzene rings is 2. The van der Waals surface area contributed by atoms with E-state index in [9.17, 15) is 4.79 Å². The number of rotatable bonds is 4. The number of H-pyrrole nitrogens is 1. The van der Waals surface area contributed by atoms with Gasteiger partial charge in [-0.15, -0.1) is 0 Å². The van der Waals surface area contributed by atoms with Crippen LogP contribution in [-0.4, -0.2) is 12.0 Å². The molecule has 0 spiro atoms. The van der Waals surface area contributed by atoms with E-state index in [1.165, 1.54) is 5.56 Å². The highest BCUT2D eigenvalue weighted by Crippen LogP contribution is 2.37. The first-order valence-electron chi connectivity index (χ1n) is 8.25. The molecule has 1 aromatic heterocycles. The zero-order valence-corrected chi connectivity index (χ0v) is 14.9. The minimum absolute atomic E-state index is 0. The number of ether oxygens (including phenoxy) is 1. The predicted molar refractivity (Wildman–Crippen MR) is 105 cm³/mol. The van der Waals surface area contributed by atoms with E-state index in [4.69, 9.17) is 4.74 Å². The molecule has 0 saturated carbocycles. The molecule has 0 bridgehead atoms. The lowest BCUT2D eigenvalue weighted by atomic mass is 10.0. The summed E-state index contributed by atoms with van der Waals surface area (Å²) in [4.78, 5) is 14.6. The van der Waals surface area contributed by atoms with E-state index in [0.717, 1.165) is 33.8 Å². The first-order chi connectivity index (χ1) is 12.0. The standard InChI is InChI=1S/C21H22N2O2.H2/c1-13-8-9-18(15(3)10-13)25-19-7-5-6-14(2)20(19)16-11-17(22-4)21(24)23-12-16;/h5-12,22H,1-4H3,(H,23,24);1H. The third-order valence-corrected chi connectivity index (χ3v) is 4.25. The molecule has 0 unspecified atom stereocenters. The highest BCUT2D eigenvalue weighted by atomic mass is 16.5. The summed E-state index contributed by atoms with van der Waals surface area (Å²) in [6, 6.07) is 13.9. The maximum Gasteiger partial charge on any atom is 0.271 e. The van der Waals surface area contributed by atoms with Crippen LogP contribution in [0.3, 0.4) is 0 Å². The van der Waals surface area contributed by atoms with Crippen molar-refractivity contribution in [3.63, 3.8) is 0 Å². The fourth-order valence-electron chi connectivity index (χ4n) is 2.94. The molecule has 3 aromatic rings. The van der Waals surface area contributed by atoms with Crippen molar-refractivity contribution in [3.05, 3.63) is 75.7 Å². The van der Waals surface area contributed by atoms with Gasteiger partial charge in [-0.3, -0.25) is 4.79 Å². The van der Waals surface area contributed by atoms with Crippen LogP contribution in [0.1, 0.15) is 18.1 Å². The second-order valence-electron chi connectivity index (χ2n) is 6.20. The van der Waals surface area contributed by atoms with Gasteiger partial charge in [0.2, 0.25) is 0 Å². The maximum absolute atomic E-state index is 11.8. The Bertz CT molecular complexity index is 980. The Morgan fingerprint density at radius 1 is 1.00 bits per heavy atom. The molecule has 3 rings (SSSR count). The molecule has 0 radical (unpaired) electrons. The molecule has 0 saturated heterocycles. The van der Waals surface area contributed by atoms with E-state index in [-0.39, 0.29) is 6.99 Å². The number of aromatic amines is 1. The first kappa shape index (κ1) is 16.8. The minimum atomic E-state index is -0.142. The lowest BCUT2D eigenvalue weighted by Gasteiger charge is -2.16. The molecular weight excluding hydrogens is 312 g/mol. The molecule has 1 heterocycles. The normalized spacial score (nSPS) is 10.6. The van der Waals surface area contributed by atoms with Gasteiger partial charge in [-0.05, 0) is 50.1 Å². The average Bonchev–Trinajstić information content (AvgIpc) is 2.58. The Kier molecular flexibility index (Phi) is 4.61. The van der Waals surface area contributed by atoms with Gasteiger partial charge >= 0.3 is 0 Å². The molecule has 25 heavy (non-hydrogen) atoms. The van der Waals surface area contributed by atoms with Crippen LogP contribution in [0.4, 0.5) is 5.69 Å². The number of nitrogens with one attached hydrogen (secondary N) is 2. The summed E-state index contributed by atoms with van der Waals surface area (Å²) in [7, 11) is 1.74. The average molecular weight is 336 g/mol. The molecular formula is C21H24N2O2. The smallest absolute Gasteiger partial charge is 0.271 e. The highest BCUT2D eigenvalue weighted by molar-refractivity contribution is 5.76. The Balaban J connectivity index is 0.00000243. The number of anilines is 1. The molecule has 4 heteroatoms. The zero-order chi connectivity index (χ0) is 18.0. The molecule has 2 aromatic carbocycles. The minimum Gasteiger partial charge on any atom is -0.456 e. The van der Waals surface area contributed by atoms with Crippen molar-refractivity contribution in [2.24, 2.45) is 0 Å². The predicted octanol–water partition coefficient (Wildman–Crippen LogP) is 5.05. The van der Waals surface area contributed by atoms with Gasteiger partial charge in [0.05, 0.1) is 0 Å². The van der Waals surface area contributed by atoms with Crippen LogP contribution in [0.25, 0.3) is 11.1 Å². The van der Waals surface area contributed by atoms with Crippen LogP contribution in [0.2, 0.25) is 0 Å². The lowest BCUT2D eigenvalue weighted by Crippen LogP contribution is -2.11. The van der Waals surface area contributed by atoms with Gasteiger partial charge in [-0.1, -0.05) is 29.8 Å². The molecule has 0 fully saturated rings. The van der Waals surface area contributed by atoms with E-state index in [1.807, 2.05) is 50.2 Å². The molecule has 130 valence electrons. The van der Waals surface area contributed by atoms with E-state index in [1.54, 1.807) is 13.2 Å². The van der Waals surface area contributed by atoms with Gasteiger partial charge in [0.15, 0.2) is 0 Å². The number of hydrogen-bond acceptors (Lipinski definition) is 3. The van der Waals surface area contributed by atoms with Crippen LogP contribution in [0.15, 0.2) is 53.5 Å². The van der Waals surface area contributed by atoms with Crippen molar-refractivity contribution in [1.29, 1.82) is 0 Å². The topological polar surface area (TPSA) is 54.1 Å². The summed E-state index contributed by atoms with van der Waals surface area (Å²) in [6.07, 6.45) is 1.72. The van der Waals surface area contributed by atoms with Crippen LogP contribution < -0.4 is 15.6 Å². The molecule has 4 nitrogen and oxygen atoms in total. The Labute approximate surface area is 149 Å². The Hall–Kier alpha value is -3.01. The van der Waals surface area contributed by atoms with Crippen LogP contribution in [-0.2, 0) is 0 Å². The summed E-state index contributed by atoms with van der Waals surface area (Å²) < 4.78 is 6.22. The van der Waals surface area contributed by atoms with Crippen molar-refractivity contribution in [3.8, 4) is 22.6 Å².